The average Bonchev–Trinajstić information content (AvgIpc) is 3.64. The van der Waals surface area contributed by atoms with Gasteiger partial charge in [-0.1, -0.05) is 79.2 Å². The van der Waals surface area contributed by atoms with Crippen molar-refractivity contribution in [3.8, 4) is 17.3 Å². The highest BCUT2D eigenvalue weighted by Crippen LogP contribution is 2.43. The maximum atomic E-state index is 6.37. The Kier molecular flexibility index (Phi) is 5.28. The molecular formula is C39H28BrN3O. The van der Waals surface area contributed by atoms with Gasteiger partial charge in [0.1, 0.15) is 17.3 Å². The smallest absolute Gasteiger partial charge is 0.137 e. The molecule has 0 saturated heterocycles. The molecule has 44 heavy (non-hydrogen) atoms. The summed E-state index contributed by atoms with van der Waals surface area (Å²) in [4.78, 5) is 4.94. The van der Waals surface area contributed by atoms with Gasteiger partial charge in [-0.3, -0.25) is 4.57 Å². The van der Waals surface area contributed by atoms with Crippen molar-refractivity contribution < 1.29 is 4.74 Å². The molecule has 0 aliphatic heterocycles. The van der Waals surface area contributed by atoms with Gasteiger partial charge in [-0.05, 0) is 71.6 Å². The maximum absolute atomic E-state index is 6.37. The molecule has 0 N–H and O–H groups in total. The highest BCUT2D eigenvalue weighted by atomic mass is 79.9. The zero-order valence-corrected chi connectivity index (χ0v) is 26.2. The van der Waals surface area contributed by atoms with Crippen LogP contribution >= 0.6 is 15.9 Å². The summed E-state index contributed by atoms with van der Waals surface area (Å²) in [5, 5.41) is 7.47. The molecule has 9 rings (SSSR count). The zero-order chi connectivity index (χ0) is 29.7. The van der Waals surface area contributed by atoms with Gasteiger partial charge in [0.15, 0.2) is 0 Å². The van der Waals surface area contributed by atoms with Crippen molar-refractivity contribution in [2.75, 3.05) is 0 Å². The van der Waals surface area contributed by atoms with E-state index in [4.69, 9.17) is 9.72 Å². The van der Waals surface area contributed by atoms with Crippen molar-refractivity contribution in [1.82, 2.24) is 14.0 Å². The molecule has 0 fully saturated rings. The number of hydrogen-bond donors (Lipinski definition) is 0. The number of benzene rings is 5. The minimum Gasteiger partial charge on any atom is -0.457 e. The number of aromatic nitrogens is 3. The number of pyridine rings is 1. The first kappa shape index (κ1) is 25.6. The minimum atomic E-state index is -0.00995. The van der Waals surface area contributed by atoms with E-state index in [1.807, 2.05) is 30.5 Å². The van der Waals surface area contributed by atoms with Crippen LogP contribution in [0.15, 0.2) is 120 Å². The first-order chi connectivity index (χ1) is 21.3. The standard InChI is InChI=1S/C39H28BrN3O/c1-39(2,3)23-16-17-41-37(18-23)42-34-20-26(44-25-9-6-8-24(40)19-25)14-15-28(34)31-21-32-30-12-7-11-29-27-10-4-5-13-33(27)43(38(29)30)36(32)22-35(31)42/h4-22H,1-3H3. The van der Waals surface area contributed by atoms with Gasteiger partial charge in [-0.15, -0.1) is 0 Å². The summed E-state index contributed by atoms with van der Waals surface area (Å²) in [6.45, 7) is 6.73. The molecular weight excluding hydrogens is 606 g/mol. The Balaban J connectivity index is 1.40. The van der Waals surface area contributed by atoms with Gasteiger partial charge >= 0.3 is 0 Å². The van der Waals surface area contributed by atoms with Crippen LogP contribution in [0.25, 0.3) is 65.7 Å². The van der Waals surface area contributed by atoms with Crippen LogP contribution in [0.2, 0.25) is 0 Å². The summed E-state index contributed by atoms with van der Waals surface area (Å²) in [7, 11) is 0. The fraction of sp³-hybridized carbons (Fsp3) is 0.103. The molecule has 0 amide bonds. The molecule has 0 bridgehead atoms. The second kappa shape index (κ2) is 9.07. The lowest BCUT2D eigenvalue weighted by Gasteiger charge is -2.20. The van der Waals surface area contributed by atoms with E-state index < -0.39 is 0 Å². The fourth-order valence-electron chi connectivity index (χ4n) is 6.90. The number of halogens is 1. The molecule has 0 saturated carbocycles. The van der Waals surface area contributed by atoms with Crippen molar-refractivity contribution in [1.29, 1.82) is 0 Å². The Hall–Kier alpha value is -4.87. The van der Waals surface area contributed by atoms with Crippen LogP contribution in [-0.2, 0) is 5.41 Å². The molecule has 4 heterocycles. The van der Waals surface area contributed by atoms with Crippen LogP contribution in [0.4, 0.5) is 0 Å². The van der Waals surface area contributed by atoms with Crippen LogP contribution in [0, 0.1) is 0 Å². The van der Waals surface area contributed by atoms with Gasteiger partial charge in [-0.25, -0.2) is 4.98 Å². The molecule has 212 valence electrons. The molecule has 4 nitrogen and oxygen atoms in total. The van der Waals surface area contributed by atoms with Crippen molar-refractivity contribution in [3.63, 3.8) is 0 Å². The third-order valence-electron chi connectivity index (χ3n) is 8.95. The Morgan fingerprint density at radius 1 is 0.591 bits per heavy atom. The van der Waals surface area contributed by atoms with Gasteiger partial charge < -0.3 is 9.14 Å². The van der Waals surface area contributed by atoms with E-state index in [0.29, 0.717) is 0 Å². The first-order valence-corrected chi connectivity index (χ1v) is 15.7. The normalized spacial score (nSPS) is 12.5. The molecule has 0 radical (unpaired) electrons. The van der Waals surface area contributed by atoms with E-state index >= 15 is 0 Å². The summed E-state index contributed by atoms with van der Waals surface area (Å²) < 4.78 is 12.1. The van der Waals surface area contributed by atoms with Crippen LogP contribution in [0.5, 0.6) is 11.5 Å². The van der Waals surface area contributed by atoms with E-state index in [2.05, 4.69) is 131 Å². The van der Waals surface area contributed by atoms with E-state index in [1.165, 1.54) is 54.4 Å². The molecule has 5 heteroatoms. The summed E-state index contributed by atoms with van der Waals surface area (Å²) in [5.41, 5.74) is 7.13. The van der Waals surface area contributed by atoms with Crippen molar-refractivity contribution in [2.24, 2.45) is 0 Å². The van der Waals surface area contributed by atoms with Crippen molar-refractivity contribution in [3.05, 3.63) is 125 Å². The molecule has 9 aromatic rings. The Morgan fingerprint density at radius 2 is 1.30 bits per heavy atom. The zero-order valence-electron chi connectivity index (χ0n) is 24.6. The number of para-hydroxylation sites is 2. The van der Waals surface area contributed by atoms with Crippen LogP contribution < -0.4 is 4.74 Å². The molecule has 0 spiro atoms. The Bertz CT molecular complexity index is 2580. The monoisotopic (exact) mass is 633 g/mol. The predicted octanol–water partition coefficient (Wildman–Crippen LogP) is 11.2. The lowest BCUT2D eigenvalue weighted by molar-refractivity contribution is 0.483. The molecule has 0 atom stereocenters. The van der Waals surface area contributed by atoms with Crippen molar-refractivity contribution >= 4 is 75.8 Å². The third kappa shape index (κ3) is 3.66. The van der Waals surface area contributed by atoms with Gasteiger partial charge in [0.05, 0.1) is 27.6 Å². The summed E-state index contributed by atoms with van der Waals surface area (Å²) in [6.07, 6.45) is 1.93. The number of nitrogens with zero attached hydrogens (tertiary/aromatic N) is 3. The van der Waals surface area contributed by atoms with E-state index in [1.54, 1.807) is 0 Å². The molecule has 0 aliphatic carbocycles. The summed E-state index contributed by atoms with van der Waals surface area (Å²) in [6, 6.07) is 38.8. The Morgan fingerprint density at radius 3 is 2.14 bits per heavy atom. The highest BCUT2D eigenvalue weighted by molar-refractivity contribution is 9.10. The SMILES string of the molecule is CC(C)(C)c1ccnc(-n2c3cc(Oc4cccc(Br)c4)ccc3c3cc4c5cccc6c7ccccc7n(c4cc32)c65)c1. The fourth-order valence-corrected chi connectivity index (χ4v) is 7.28. The quantitative estimate of drug-likeness (QED) is 0.194. The van der Waals surface area contributed by atoms with Gasteiger partial charge in [0.25, 0.3) is 0 Å². The second-order valence-corrected chi connectivity index (χ2v) is 13.6. The molecule has 5 aromatic carbocycles. The van der Waals surface area contributed by atoms with E-state index in [-0.39, 0.29) is 5.41 Å². The number of hydrogen-bond acceptors (Lipinski definition) is 2. The lowest BCUT2D eigenvalue weighted by Crippen LogP contribution is -2.12. The topological polar surface area (TPSA) is 31.5 Å². The minimum absolute atomic E-state index is 0.00995. The highest BCUT2D eigenvalue weighted by Gasteiger charge is 2.22. The number of rotatable bonds is 3. The maximum Gasteiger partial charge on any atom is 0.137 e. The van der Waals surface area contributed by atoms with Gasteiger partial charge in [0, 0.05) is 49.1 Å². The molecule has 4 aromatic heterocycles. The van der Waals surface area contributed by atoms with Crippen LogP contribution in [0.1, 0.15) is 26.3 Å². The third-order valence-corrected chi connectivity index (χ3v) is 9.45. The summed E-state index contributed by atoms with van der Waals surface area (Å²) in [5.74, 6) is 2.46. The largest absolute Gasteiger partial charge is 0.457 e. The van der Waals surface area contributed by atoms with Crippen molar-refractivity contribution in [2.45, 2.75) is 26.2 Å². The molecule has 0 unspecified atom stereocenters. The van der Waals surface area contributed by atoms with E-state index in [9.17, 15) is 0 Å². The lowest BCUT2D eigenvalue weighted by atomic mass is 9.88. The predicted molar refractivity (Wildman–Crippen MR) is 186 cm³/mol. The first-order valence-electron chi connectivity index (χ1n) is 14.9. The van der Waals surface area contributed by atoms with Crippen LogP contribution in [-0.4, -0.2) is 14.0 Å². The van der Waals surface area contributed by atoms with Gasteiger partial charge in [-0.2, -0.15) is 0 Å². The number of ether oxygens (including phenoxy) is 1. The Labute approximate surface area is 262 Å². The molecule has 0 aliphatic rings. The second-order valence-electron chi connectivity index (χ2n) is 12.7. The van der Waals surface area contributed by atoms with Gasteiger partial charge in [0.2, 0.25) is 0 Å². The number of fused-ring (bicyclic) bond motifs is 9. The average molecular weight is 635 g/mol. The summed E-state index contributed by atoms with van der Waals surface area (Å²) >= 11 is 3.57. The van der Waals surface area contributed by atoms with E-state index in [0.717, 1.165) is 32.8 Å². The van der Waals surface area contributed by atoms with Crippen LogP contribution in [0.3, 0.4) is 0 Å².